The van der Waals surface area contributed by atoms with Crippen LogP contribution in [0.3, 0.4) is 0 Å². The van der Waals surface area contributed by atoms with E-state index in [1.54, 1.807) is 20.9 Å². The predicted octanol–water partition coefficient (Wildman–Crippen LogP) is -0.111. The monoisotopic (exact) mass is 262 g/mol. The quantitative estimate of drug-likeness (QED) is 0.799. The number of primary amides is 1. The van der Waals surface area contributed by atoms with Gasteiger partial charge in [-0.25, -0.2) is 4.98 Å². The number of nitriles is 1. The van der Waals surface area contributed by atoms with Crippen molar-refractivity contribution in [2.24, 2.45) is 5.73 Å². The van der Waals surface area contributed by atoms with Crippen molar-refractivity contribution in [3.8, 4) is 6.07 Å². The summed E-state index contributed by atoms with van der Waals surface area (Å²) in [4.78, 5) is 28.8. The van der Waals surface area contributed by atoms with Crippen LogP contribution in [0.25, 0.3) is 0 Å². The maximum atomic E-state index is 12.3. The molecule has 101 valence electrons. The number of aromatic nitrogens is 2. The molecule has 0 aromatic carbocycles. The lowest BCUT2D eigenvalue weighted by atomic mass is 10.0. The highest BCUT2D eigenvalue weighted by molar-refractivity contribution is 5.91. The van der Waals surface area contributed by atoms with Gasteiger partial charge in [-0.3, -0.25) is 9.59 Å². The van der Waals surface area contributed by atoms with Crippen molar-refractivity contribution in [2.75, 3.05) is 13.6 Å². The van der Waals surface area contributed by atoms with E-state index in [0.717, 1.165) is 0 Å². The maximum Gasteiger partial charge on any atom is 0.284 e. The molecule has 2 N–H and O–H groups in total. The highest BCUT2D eigenvalue weighted by atomic mass is 16.2. The second-order valence-corrected chi connectivity index (χ2v) is 4.62. The molecule has 1 aromatic heterocycles. The zero-order valence-electron chi connectivity index (χ0n) is 11.2. The van der Waals surface area contributed by atoms with Crippen LogP contribution in [0.15, 0.2) is 6.20 Å². The molecule has 0 aliphatic carbocycles. The Morgan fingerprint density at radius 2 is 2.26 bits per heavy atom. The van der Waals surface area contributed by atoms with Crippen molar-refractivity contribution in [3.63, 3.8) is 0 Å². The summed E-state index contributed by atoms with van der Waals surface area (Å²) in [7, 11) is 1.60. The van der Waals surface area contributed by atoms with E-state index in [0.29, 0.717) is 6.54 Å². The number of nitrogens with zero attached hydrogens (tertiary/aromatic N) is 4. The van der Waals surface area contributed by atoms with E-state index >= 15 is 0 Å². The van der Waals surface area contributed by atoms with Crippen molar-refractivity contribution in [3.05, 3.63) is 18.2 Å². The van der Waals surface area contributed by atoms with E-state index in [1.807, 2.05) is 6.07 Å². The van der Waals surface area contributed by atoms with Crippen LogP contribution in [0.5, 0.6) is 0 Å². The van der Waals surface area contributed by atoms with Gasteiger partial charge in [0.2, 0.25) is 5.91 Å². The van der Waals surface area contributed by atoms with Crippen LogP contribution in [0.1, 0.15) is 30.9 Å². The van der Waals surface area contributed by atoms with E-state index in [4.69, 9.17) is 11.0 Å². The Hall–Kier alpha value is -2.36. The molecule has 0 unspecified atom stereocenters. The molecule has 0 fully saturated rings. The lowest BCUT2D eigenvalue weighted by Gasteiger charge is -2.31. The molecule has 1 rings (SSSR count). The van der Waals surface area contributed by atoms with Crippen LogP contribution < -0.4 is 5.73 Å². The normalized spacial score (nSPS) is 10.8. The molecule has 0 spiro atoms. The highest BCUT2D eigenvalue weighted by Gasteiger charge is 2.34. The van der Waals surface area contributed by atoms with E-state index in [1.165, 1.54) is 15.7 Å². The number of nitrogens with two attached hydrogens (primary N) is 1. The fourth-order valence-corrected chi connectivity index (χ4v) is 1.75. The summed E-state index contributed by atoms with van der Waals surface area (Å²) in [5.41, 5.74) is 4.18. The molecule has 7 heteroatoms. The summed E-state index contributed by atoms with van der Waals surface area (Å²) < 4.78 is 1.39. The lowest BCUT2D eigenvalue weighted by molar-refractivity contribution is -0.137. The first-order valence-electron chi connectivity index (χ1n) is 5.70. The Morgan fingerprint density at radius 3 is 2.79 bits per heavy atom. The minimum absolute atomic E-state index is 0.0213. The Morgan fingerprint density at radius 1 is 1.63 bits per heavy atom. The molecule has 1 heterocycles. The Labute approximate surface area is 111 Å². The molecular weight excluding hydrogens is 246 g/mol. The van der Waals surface area contributed by atoms with Crippen molar-refractivity contribution in [1.82, 2.24) is 14.5 Å². The summed E-state index contributed by atoms with van der Waals surface area (Å²) in [6.45, 7) is 3.63. The third-order valence-corrected chi connectivity index (χ3v) is 2.84. The molecule has 0 saturated carbocycles. The molecule has 0 bridgehead atoms. The molecular formula is C12H16N5O2. The zero-order chi connectivity index (χ0) is 14.6. The topological polar surface area (TPSA) is 105 Å². The van der Waals surface area contributed by atoms with E-state index in [9.17, 15) is 9.59 Å². The first-order valence-corrected chi connectivity index (χ1v) is 5.70. The first kappa shape index (κ1) is 14.7. The third-order valence-electron chi connectivity index (χ3n) is 2.84. The molecule has 2 amide bonds. The van der Waals surface area contributed by atoms with Gasteiger partial charge in [-0.15, -0.1) is 0 Å². The van der Waals surface area contributed by atoms with Crippen LogP contribution in [-0.4, -0.2) is 39.9 Å². The molecule has 0 saturated heterocycles. The molecule has 19 heavy (non-hydrogen) atoms. The maximum absolute atomic E-state index is 12.3. The molecule has 7 nitrogen and oxygen atoms in total. The van der Waals surface area contributed by atoms with Crippen molar-refractivity contribution < 1.29 is 9.59 Å². The Balaban J connectivity index is 3.03. The van der Waals surface area contributed by atoms with Crippen molar-refractivity contribution >= 4 is 11.8 Å². The van der Waals surface area contributed by atoms with E-state index in [2.05, 4.69) is 11.2 Å². The highest BCUT2D eigenvalue weighted by Crippen LogP contribution is 2.20. The van der Waals surface area contributed by atoms with Crippen LogP contribution >= 0.6 is 0 Å². The van der Waals surface area contributed by atoms with Gasteiger partial charge in [0, 0.05) is 19.8 Å². The minimum Gasteiger partial charge on any atom is -0.363 e. The number of imidazole rings is 1. The van der Waals surface area contributed by atoms with Gasteiger partial charge in [-0.05, 0) is 13.8 Å². The standard InChI is InChI=1S/C12H16N5O2/c1-12(2,11(19)16(3)7-4-5-13)17-8-6-15-10(17)9(14)18/h8H,4,7H2,1-3H3,(H2,14,18). The SMILES string of the molecule is CN(CCC#N)C(=O)C(C)(C)n1c[c]nc1C(N)=O. The first-order chi connectivity index (χ1) is 8.82. The summed E-state index contributed by atoms with van der Waals surface area (Å²) in [6.07, 6.45) is 4.17. The molecule has 0 aliphatic rings. The van der Waals surface area contributed by atoms with E-state index in [-0.39, 0.29) is 18.2 Å². The number of likely N-dealkylation sites (N-methyl/N-ethyl adjacent to an activating group) is 1. The summed E-state index contributed by atoms with van der Waals surface area (Å²) in [5.74, 6) is -0.981. The summed E-state index contributed by atoms with van der Waals surface area (Å²) >= 11 is 0. The van der Waals surface area contributed by atoms with Gasteiger partial charge in [0.05, 0.1) is 12.5 Å². The smallest absolute Gasteiger partial charge is 0.284 e. The van der Waals surface area contributed by atoms with Crippen LogP contribution in [0.4, 0.5) is 0 Å². The number of rotatable bonds is 5. The number of amides is 2. The zero-order valence-corrected chi connectivity index (χ0v) is 11.2. The van der Waals surface area contributed by atoms with Gasteiger partial charge in [0.25, 0.3) is 5.91 Å². The Bertz CT molecular complexity index is 526. The molecule has 0 atom stereocenters. The predicted molar refractivity (Wildman–Crippen MR) is 66.8 cm³/mol. The van der Waals surface area contributed by atoms with E-state index < -0.39 is 11.4 Å². The van der Waals surface area contributed by atoms with Crippen LogP contribution in [0, 0.1) is 17.5 Å². The van der Waals surface area contributed by atoms with Gasteiger partial charge in [-0.2, -0.15) is 5.26 Å². The second-order valence-electron chi connectivity index (χ2n) is 4.62. The average molecular weight is 262 g/mol. The van der Waals surface area contributed by atoms with Crippen LogP contribution in [0.2, 0.25) is 0 Å². The van der Waals surface area contributed by atoms with Crippen molar-refractivity contribution in [2.45, 2.75) is 25.8 Å². The third kappa shape index (κ3) is 2.91. The van der Waals surface area contributed by atoms with Gasteiger partial charge < -0.3 is 15.2 Å². The Kier molecular flexibility index (Phi) is 4.27. The largest absolute Gasteiger partial charge is 0.363 e. The number of carbonyl (C=O) groups excluding carboxylic acids is 2. The number of hydrogen-bond donors (Lipinski definition) is 1. The van der Waals surface area contributed by atoms with Crippen LogP contribution in [-0.2, 0) is 10.3 Å². The summed E-state index contributed by atoms with van der Waals surface area (Å²) in [5, 5.41) is 8.53. The lowest BCUT2D eigenvalue weighted by Crippen LogP contribution is -2.46. The van der Waals surface area contributed by atoms with Gasteiger partial charge in [-0.1, -0.05) is 0 Å². The second kappa shape index (κ2) is 5.52. The average Bonchev–Trinajstić information content (AvgIpc) is 2.84. The molecule has 1 aromatic rings. The number of hydrogen-bond acceptors (Lipinski definition) is 4. The minimum atomic E-state index is -1.03. The molecule has 0 aliphatic heterocycles. The molecule has 1 radical (unpaired) electrons. The fourth-order valence-electron chi connectivity index (χ4n) is 1.75. The van der Waals surface area contributed by atoms with Crippen molar-refractivity contribution in [1.29, 1.82) is 5.26 Å². The van der Waals surface area contributed by atoms with Gasteiger partial charge >= 0.3 is 0 Å². The summed E-state index contributed by atoms with van der Waals surface area (Å²) in [6, 6.07) is 1.98. The van der Waals surface area contributed by atoms with Gasteiger partial charge in [0.1, 0.15) is 11.7 Å². The van der Waals surface area contributed by atoms with Gasteiger partial charge in [0.15, 0.2) is 5.82 Å². The number of carbonyl (C=O) groups is 2. The fraction of sp³-hybridized carbons (Fsp3) is 0.500.